The molecule has 0 spiro atoms. The van der Waals surface area contributed by atoms with Gasteiger partial charge in [0.05, 0.1) is 16.5 Å². The average Bonchev–Trinajstić information content (AvgIpc) is 2.92. The summed E-state index contributed by atoms with van der Waals surface area (Å²) in [6, 6.07) is 15.6. The molecule has 0 amide bonds. The zero-order valence-corrected chi connectivity index (χ0v) is 22.4. The van der Waals surface area contributed by atoms with Gasteiger partial charge in [-0.05, 0) is 61.9 Å². The number of sulfonamides is 1. The maximum Gasteiger partial charge on any atom is 0.243 e. The van der Waals surface area contributed by atoms with Gasteiger partial charge in [0.2, 0.25) is 10.0 Å². The smallest absolute Gasteiger partial charge is 0.243 e. The van der Waals surface area contributed by atoms with Crippen LogP contribution in [0.15, 0.2) is 53.4 Å². The molecule has 0 N–H and O–H groups in total. The van der Waals surface area contributed by atoms with Gasteiger partial charge in [-0.3, -0.25) is 4.90 Å². The molecule has 1 atom stereocenters. The monoisotopic (exact) mass is 507 g/mol. The molecule has 2 saturated heterocycles. The van der Waals surface area contributed by atoms with Gasteiger partial charge < -0.3 is 4.90 Å². The summed E-state index contributed by atoms with van der Waals surface area (Å²) in [4.78, 5) is 15.1. The Hall–Kier alpha value is -2.55. The van der Waals surface area contributed by atoms with E-state index in [1.54, 1.807) is 16.4 Å². The summed E-state index contributed by atoms with van der Waals surface area (Å²) >= 11 is 0. The summed E-state index contributed by atoms with van der Waals surface area (Å²) in [6.07, 6.45) is 3.66. The summed E-state index contributed by atoms with van der Waals surface area (Å²) in [6.45, 7) is 10.7. The van der Waals surface area contributed by atoms with Crippen LogP contribution in [0.2, 0.25) is 0 Å². The largest absolute Gasteiger partial charge is 0.356 e. The lowest BCUT2D eigenvalue weighted by molar-refractivity contribution is 0.141. The minimum absolute atomic E-state index is 0.00771. The normalized spacial score (nSPS) is 19.2. The van der Waals surface area contributed by atoms with Crippen molar-refractivity contribution in [3.05, 3.63) is 59.9 Å². The highest BCUT2D eigenvalue weighted by Crippen LogP contribution is 2.30. The molecule has 2 fully saturated rings. The lowest BCUT2D eigenvalue weighted by atomic mass is 10.0. The van der Waals surface area contributed by atoms with Crippen LogP contribution < -0.4 is 4.90 Å². The molecular formula is C28H37N5O2S. The van der Waals surface area contributed by atoms with Gasteiger partial charge in [-0.15, -0.1) is 0 Å². The van der Waals surface area contributed by atoms with Crippen molar-refractivity contribution in [2.24, 2.45) is 0 Å². The molecule has 192 valence electrons. The van der Waals surface area contributed by atoms with Gasteiger partial charge in [0.1, 0.15) is 11.6 Å². The molecule has 0 aliphatic carbocycles. The van der Waals surface area contributed by atoms with Crippen molar-refractivity contribution in [2.75, 3.05) is 44.2 Å². The minimum atomic E-state index is -3.50. The van der Waals surface area contributed by atoms with Crippen molar-refractivity contribution in [1.29, 1.82) is 0 Å². The number of para-hydroxylation sites is 1. The number of hydrogen-bond donors (Lipinski definition) is 0. The second kappa shape index (κ2) is 10.4. The predicted octanol–water partition coefficient (Wildman–Crippen LogP) is 4.81. The van der Waals surface area contributed by atoms with Gasteiger partial charge in [-0.25, -0.2) is 18.4 Å². The molecule has 7 nitrogen and oxygen atoms in total. The highest BCUT2D eigenvalue weighted by Gasteiger charge is 2.31. The van der Waals surface area contributed by atoms with Crippen LogP contribution in [-0.2, 0) is 10.0 Å². The Morgan fingerprint density at radius 3 is 2.11 bits per heavy atom. The second-order valence-electron chi connectivity index (χ2n) is 10.3. The SMILES string of the molecule is CC(C)c1ccc(S(=O)(=O)N2CCN([C@@H](C)c3nc(N4CCCCC4)c4ccccc4n3)CC2)cc1. The Morgan fingerprint density at radius 2 is 1.44 bits per heavy atom. The van der Waals surface area contributed by atoms with Gasteiger partial charge in [0, 0.05) is 44.7 Å². The van der Waals surface area contributed by atoms with Crippen LogP contribution in [0.4, 0.5) is 5.82 Å². The van der Waals surface area contributed by atoms with E-state index in [1.165, 1.54) is 19.3 Å². The Morgan fingerprint density at radius 1 is 0.778 bits per heavy atom. The number of hydrogen-bond acceptors (Lipinski definition) is 6. The Kier molecular flexibility index (Phi) is 7.28. The molecule has 3 aromatic rings. The molecular weight excluding hydrogens is 470 g/mol. The van der Waals surface area contributed by atoms with Crippen molar-refractivity contribution in [3.8, 4) is 0 Å². The maximum atomic E-state index is 13.3. The number of piperidine rings is 1. The van der Waals surface area contributed by atoms with E-state index in [4.69, 9.17) is 9.97 Å². The number of anilines is 1. The average molecular weight is 508 g/mol. The van der Waals surface area contributed by atoms with Crippen molar-refractivity contribution < 1.29 is 8.42 Å². The molecule has 2 aliphatic rings. The lowest BCUT2D eigenvalue weighted by Crippen LogP contribution is -2.49. The van der Waals surface area contributed by atoms with Crippen LogP contribution in [0.5, 0.6) is 0 Å². The van der Waals surface area contributed by atoms with Crippen LogP contribution in [0, 0.1) is 0 Å². The molecule has 1 aromatic heterocycles. The topological polar surface area (TPSA) is 69.6 Å². The predicted molar refractivity (Wildman–Crippen MR) is 145 cm³/mol. The fourth-order valence-electron chi connectivity index (χ4n) is 5.28. The number of fused-ring (bicyclic) bond motifs is 1. The van der Waals surface area contributed by atoms with Crippen molar-refractivity contribution in [1.82, 2.24) is 19.2 Å². The molecule has 3 heterocycles. The molecule has 0 radical (unpaired) electrons. The van der Waals surface area contributed by atoms with Gasteiger partial charge >= 0.3 is 0 Å². The van der Waals surface area contributed by atoms with E-state index in [-0.39, 0.29) is 6.04 Å². The van der Waals surface area contributed by atoms with Crippen molar-refractivity contribution in [2.45, 2.75) is 56.9 Å². The minimum Gasteiger partial charge on any atom is -0.356 e. The van der Waals surface area contributed by atoms with E-state index < -0.39 is 10.0 Å². The van der Waals surface area contributed by atoms with Crippen molar-refractivity contribution >= 4 is 26.7 Å². The van der Waals surface area contributed by atoms with Gasteiger partial charge in [0.25, 0.3) is 0 Å². The van der Waals surface area contributed by atoms with Crippen LogP contribution in [0.1, 0.15) is 63.4 Å². The summed E-state index contributed by atoms with van der Waals surface area (Å²) in [5.41, 5.74) is 2.12. The van der Waals surface area contributed by atoms with Crippen molar-refractivity contribution in [3.63, 3.8) is 0 Å². The molecule has 0 saturated carbocycles. The first kappa shape index (κ1) is 25.1. The summed E-state index contributed by atoms with van der Waals surface area (Å²) in [5.74, 6) is 2.22. The van der Waals surface area contributed by atoms with Crippen LogP contribution in [0.25, 0.3) is 10.9 Å². The van der Waals surface area contributed by atoms with E-state index in [2.05, 4.69) is 48.8 Å². The Labute approximate surface area is 215 Å². The van der Waals surface area contributed by atoms with E-state index in [1.807, 2.05) is 18.2 Å². The first-order chi connectivity index (χ1) is 17.3. The van der Waals surface area contributed by atoms with Crippen LogP contribution >= 0.6 is 0 Å². The van der Waals surface area contributed by atoms with E-state index >= 15 is 0 Å². The fourth-order valence-corrected chi connectivity index (χ4v) is 6.70. The van der Waals surface area contributed by atoms with E-state index in [0.717, 1.165) is 41.2 Å². The van der Waals surface area contributed by atoms with Gasteiger partial charge in [0.15, 0.2) is 0 Å². The van der Waals surface area contributed by atoms with Crippen LogP contribution in [-0.4, -0.2) is 66.9 Å². The summed E-state index contributed by atoms with van der Waals surface area (Å²) < 4.78 is 28.1. The number of nitrogens with zero attached hydrogens (tertiary/aromatic N) is 5. The highest BCUT2D eigenvalue weighted by molar-refractivity contribution is 7.89. The number of rotatable bonds is 6. The highest BCUT2D eigenvalue weighted by atomic mass is 32.2. The third-order valence-corrected chi connectivity index (χ3v) is 9.55. The Balaban J connectivity index is 1.32. The molecule has 0 bridgehead atoms. The first-order valence-electron chi connectivity index (χ1n) is 13.2. The molecule has 0 unspecified atom stereocenters. The number of piperazine rings is 1. The van der Waals surface area contributed by atoms with E-state index in [9.17, 15) is 8.42 Å². The van der Waals surface area contributed by atoms with Crippen LogP contribution in [0.3, 0.4) is 0 Å². The zero-order chi connectivity index (χ0) is 25.3. The maximum absolute atomic E-state index is 13.3. The Bertz CT molecular complexity index is 1300. The summed E-state index contributed by atoms with van der Waals surface area (Å²) in [7, 11) is -3.50. The van der Waals surface area contributed by atoms with E-state index in [0.29, 0.717) is 37.0 Å². The fraction of sp³-hybridized carbons (Fsp3) is 0.500. The summed E-state index contributed by atoms with van der Waals surface area (Å²) in [5, 5.41) is 1.11. The third-order valence-electron chi connectivity index (χ3n) is 7.64. The molecule has 8 heteroatoms. The zero-order valence-electron chi connectivity index (χ0n) is 21.6. The first-order valence-corrected chi connectivity index (χ1v) is 14.6. The quantitative estimate of drug-likeness (QED) is 0.477. The molecule has 36 heavy (non-hydrogen) atoms. The molecule has 2 aliphatic heterocycles. The number of aromatic nitrogens is 2. The lowest BCUT2D eigenvalue weighted by Gasteiger charge is -2.37. The second-order valence-corrected chi connectivity index (χ2v) is 12.2. The van der Waals surface area contributed by atoms with Gasteiger partial charge in [-0.1, -0.05) is 38.1 Å². The molecule has 5 rings (SSSR count). The third kappa shape index (κ3) is 4.99. The standard InChI is InChI=1S/C28H37N5O2S/c1-21(2)23-11-13-24(14-12-23)36(34,35)33-19-17-31(18-20-33)22(3)27-29-26-10-6-5-9-25(26)28(30-27)32-15-7-4-8-16-32/h5-6,9-14,21-22H,4,7-8,15-20H2,1-3H3/t22-/m0/s1. The molecule has 2 aromatic carbocycles. The number of benzene rings is 2. The van der Waals surface area contributed by atoms with Gasteiger partial charge in [-0.2, -0.15) is 4.31 Å².